The minimum atomic E-state index is -4.07. The summed E-state index contributed by atoms with van der Waals surface area (Å²) in [6.45, 7) is 5.81. The van der Waals surface area contributed by atoms with Gasteiger partial charge in [-0.05, 0) is 30.5 Å². The topological polar surface area (TPSA) is 80.5 Å². The largest absolute Gasteiger partial charge is 0.341 e. The van der Waals surface area contributed by atoms with Crippen molar-refractivity contribution in [3.63, 3.8) is 0 Å². The molecule has 20 heavy (non-hydrogen) atoms. The van der Waals surface area contributed by atoms with Gasteiger partial charge in [-0.1, -0.05) is 13.8 Å². The van der Waals surface area contributed by atoms with Crippen molar-refractivity contribution in [3.8, 4) is 0 Å². The van der Waals surface area contributed by atoms with Crippen molar-refractivity contribution in [2.24, 2.45) is 11.1 Å². The van der Waals surface area contributed by atoms with E-state index in [1.54, 1.807) is 7.05 Å². The summed E-state index contributed by atoms with van der Waals surface area (Å²) in [5.41, 5.74) is 0.173. The molecule has 5 nitrogen and oxygen atoms in total. The van der Waals surface area contributed by atoms with Crippen LogP contribution in [0.4, 0.5) is 4.39 Å². The summed E-state index contributed by atoms with van der Waals surface area (Å²) in [6, 6.07) is 1.85. The van der Waals surface area contributed by atoms with Crippen LogP contribution in [0.3, 0.4) is 0 Å². The third-order valence-electron chi connectivity index (χ3n) is 2.85. The van der Waals surface area contributed by atoms with E-state index in [-0.39, 0.29) is 21.9 Å². The lowest BCUT2D eigenvalue weighted by Gasteiger charge is -2.21. The highest BCUT2D eigenvalue weighted by Crippen LogP contribution is 2.21. The summed E-state index contributed by atoms with van der Waals surface area (Å²) in [6.07, 6.45) is 0. The molecule has 0 fully saturated rings. The summed E-state index contributed by atoms with van der Waals surface area (Å²) < 4.78 is 36.4. The molecule has 0 radical (unpaired) electrons. The second-order valence-corrected chi connectivity index (χ2v) is 6.73. The molecule has 1 aromatic carbocycles. The van der Waals surface area contributed by atoms with Crippen LogP contribution in [0.15, 0.2) is 17.0 Å². The first-order valence-corrected chi connectivity index (χ1v) is 7.67. The quantitative estimate of drug-likeness (QED) is 0.915. The van der Waals surface area contributed by atoms with Crippen molar-refractivity contribution in [2.75, 3.05) is 13.6 Å². The number of sulfonamides is 1. The van der Waals surface area contributed by atoms with E-state index in [9.17, 15) is 17.6 Å². The van der Waals surface area contributed by atoms with Crippen LogP contribution < -0.4 is 5.14 Å². The lowest BCUT2D eigenvalue weighted by Crippen LogP contribution is -2.31. The zero-order chi connectivity index (χ0) is 15.7. The van der Waals surface area contributed by atoms with Gasteiger partial charge in [-0.2, -0.15) is 0 Å². The van der Waals surface area contributed by atoms with Crippen molar-refractivity contribution in [1.29, 1.82) is 0 Å². The molecule has 0 saturated heterocycles. The Morgan fingerprint density at radius 2 is 1.95 bits per heavy atom. The summed E-state index contributed by atoms with van der Waals surface area (Å²) in [4.78, 5) is 13.3. The number of carbonyl (C=O) groups is 1. The average molecular weight is 302 g/mol. The molecule has 0 saturated carbocycles. The molecule has 0 atom stereocenters. The van der Waals surface area contributed by atoms with Gasteiger partial charge in [-0.25, -0.2) is 17.9 Å². The molecule has 0 aliphatic rings. The molecule has 0 heterocycles. The molecule has 1 aromatic rings. The van der Waals surface area contributed by atoms with Gasteiger partial charge in [0.05, 0.1) is 4.90 Å². The number of amides is 1. The molecule has 0 aromatic heterocycles. The minimum absolute atomic E-state index is 0.0113. The zero-order valence-electron chi connectivity index (χ0n) is 12.0. The lowest BCUT2D eigenvalue weighted by atomic mass is 10.1. The maximum atomic E-state index is 13.5. The molecular formula is C13H19FN2O3S. The van der Waals surface area contributed by atoms with Crippen LogP contribution in [-0.4, -0.2) is 32.8 Å². The number of halogens is 1. The molecule has 0 aliphatic carbocycles. The van der Waals surface area contributed by atoms with Crippen molar-refractivity contribution < 1.29 is 17.6 Å². The molecule has 0 aliphatic heterocycles. The predicted octanol–water partition coefficient (Wildman–Crippen LogP) is 1.51. The zero-order valence-corrected chi connectivity index (χ0v) is 12.8. The monoisotopic (exact) mass is 302 g/mol. The van der Waals surface area contributed by atoms with Gasteiger partial charge in [-0.3, -0.25) is 4.79 Å². The van der Waals surface area contributed by atoms with E-state index < -0.39 is 21.7 Å². The number of nitrogens with two attached hydrogens (primary N) is 1. The van der Waals surface area contributed by atoms with E-state index in [1.807, 2.05) is 13.8 Å². The number of nitrogens with zero attached hydrogens (tertiary/aromatic N) is 1. The highest BCUT2D eigenvalue weighted by Gasteiger charge is 2.22. The normalized spacial score (nSPS) is 11.8. The van der Waals surface area contributed by atoms with E-state index in [0.717, 1.165) is 12.1 Å². The Labute approximate surface area is 118 Å². The molecule has 1 amide bonds. The Hall–Kier alpha value is -1.47. The van der Waals surface area contributed by atoms with E-state index in [0.29, 0.717) is 6.54 Å². The fourth-order valence-corrected chi connectivity index (χ4v) is 2.82. The highest BCUT2D eigenvalue weighted by molar-refractivity contribution is 7.89. The first kappa shape index (κ1) is 16.6. The van der Waals surface area contributed by atoms with E-state index in [2.05, 4.69) is 0 Å². The molecule has 7 heteroatoms. The second kappa shape index (κ2) is 5.88. The number of rotatable bonds is 4. The van der Waals surface area contributed by atoms with E-state index in [1.165, 1.54) is 11.8 Å². The van der Waals surface area contributed by atoms with Crippen molar-refractivity contribution in [1.82, 2.24) is 4.90 Å². The number of carbonyl (C=O) groups excluding carboxylic acids is 1. The van der Waals surface area contributed by atoms with E-state index >= 15 is 0 Å². The third-order valence-corrected chi connectivity index (χ3v) is 3.88. The van der Waals surface area contributed by atoms with Gasteiger partial charge in [0.2, 0.25) is 10.0 Å². The first-order valence-electron chi connectivity index (χ1n) is 6.12. The Morgan fingerprint density at radius 3 is 2.40 bits per heavy atom. The molecule has 112 valence electrons. The second-order valence-electron chi connectivity index (χ2n) is 5.20. The van der Waals surface area contributed by atoms with Gasteiger partial charge in [0, 0.05) is 19.2 Å². The summed E-state index contributed by atoms with van der Waals surface area (Å²) in [5, 5.41) is 5.03. The van der Waals surface area contributed by atoms with Crippen molar-refractivity contribution in [3.05, 3.63) is 29.1 Å². The maximum absolute atomic E-state index is 13.5. The Morgan fingerprint density at radius 1 is 1.40 bits per heavy atom. The van der Waals surface area contributed by atoms with Crippen LogP contribution in [0.25, 0.3) is 0 Å². The summed E-state index contributed by atoms with van der Waals surface area (Å²) in [5.74, 6) is -0.989. The van der Waals surface area contributed by atoms with Gasteiger partial charge in [0.1, 0.15) is 5.82 Å². The van der Waals surface area contributed by atoms with Gasteiger partial charge in [0.15, 0.2) is 0 Å². The molecular weight excluding hydrogens is 283 g/mol. The van der Waals surface area contributed by atoms with Gasteiger partial charge in [0.25, 0.3) is 5.91 Å². The number of benzene rings is 1. The smallest absolute Gasteiger partial charge is 0.254 e. The number of primary sulfonamides is 1. The number of hydrogen-bond acceptors (Lipinski definition) is 3. The van der Waals surface area contributed by atoms with Crippen molar-refractivity contribution >= 4 is 15.9 Å². The fraction of sp³-hybridized carbons (Fsp3) is 0.462. The third kappa shape index (κ3) is 3.77. The van der Waals surface area contributed by atoms with E-state index in [4.69, 9.17) is 5.14 Å². The molecule has 0 unspecified atom stereocenters. The van der Waals surface area contributed by atoms with Crippen LogP contribution in [0.2, 0.25) is 0 Å². The predicted molar refractivity (Wildman–Crippen MR) is 74.3 cm³/mol. The van der Waals surface area contributed by atoms with Gasteiger partial charge < -0.3 is 4.90 Å². The fourth-order valence-electron chi connectivity index (χ4n) is 2.01. The Balaban J connectivity index is 3.33. The Kier molecular flexibility index (Phi) is 4.88. The highest BCUT2D eigenvalue weighted by atomic mass is 32.2. The number of hydrogen-bond donors (Lipinski definition) is 1. The first-order chi connectivity index (χ1) is 9.04. The molecule has 2 N–H and O–H groups in total. The van der Waals surface area contributed by atoms with Gasteiger partial charge in [-0.15, -0.1) is 0 Å². The average Bonchev–Trinajstić information content (AvgIpc) is 2.28. The molecule has 0 bridgehead atoms. The molecule has 0 spiro atoms. The lowest BCUT2D eigenvalue weighted by molar-refractivity contribution is 0.0777. The van der Waals surface area contributed by atoms with Crippen LogP contribution in [0, 0.1) is 18.7 Å². The maximum Gasteiger partial charge on any atom is 0.254 e. The summed E-state index contributed by atoms with van der Waals surface area (Å²) in [7, 11) is -2.48. The van der Waals surface area contributed by atoms with Crippen LogP contribution in [0.5, 0.6) is 0 Å². The standard InChI is InChI=1S/C13H19FN2O3S/c1-8(2)7-16(4)13(17)11-5-10(14)6-12(9(11)3)20(15,18)19/h5-6,8H,7H2,1-4H3,(H2,15,18,19). The van der Waals surface area contributed by atoms with Crippen LogP contribution in [0.1, 0.15) is 29.8 Å². The Bertz CT molecular complexity index is 627. The SMILES string of the molecule is Cc1c(C(=O)N(C)CC(C)C)cc(F)cc1S(N)(=O)=O. The minimum Gasteiger partial charge on any atom is -0.341 e. The van der Waals surface area contributed by atoms with Crippen LogP contribution in [-0.2, 0) is 10.0 Å². The van der Waals surface area contributed by atoms with Crippen LogP contribution >= 0.6 is 0 Å². The van der Waals surface area contributed by atoms with Gasteiger partial charge >= 0.3 is 0 Å². The summed E-state index contributed by atoms with van der Waals surface area (Å²) >= 11 is 0. The van der Waals surface area contributed by atoms with Crippen molar-refractivity contribution in [2.45, 2.75) is 25.7 Å². The molecule has 1 rings (SSSR count).